The molecule has 0 aliphatic rings. The number of alkyl halides is 1. The molecule has 1 aromatic rings. The van der Waals surface area contributed by atoms with Gasteiger partial charge in [-0.25, -0.2) is 8.78 Å². The van der Waals surface area contributed by atoms with Crippen LogP contribution in [0.1, 0.15) is 0 Å². The average molecular weight is 190 g/mol. The van der Waals surface area contributed by atoms with Gasteiger partial charge in [0, 0.05) is 4.90 Å². The van der Waals surface area contributed by atoms with Crippen LogP contribution in [0.25, 0.3) is 0 Å². The van der Waals surface area contributed by atoms with Gasteiger partial charge in [0.2, 0.25) is 0 Å². The second-order valence-corrected chi connectivity index (χ2v) is 3.43. The van der Waals surface area contributed by atoms with E-state index in [0.29, 0.717) is 4.90 Å². The van der Waals surface area contributed by atoms with E-state index in [4.69, 9.17) is 5.11 Å². The van der Waals surface area contributed by atoms with Crippen LogP contribution in [0.15, 0.2) is 29.2 Å². The molecule has 4 heteroatoms. The van der Waals surface area contributed by atoms with Crippen LogP contribution >= 0.6 is 11.8 Å². The van der Waals surface area contributed by atoms with Crippen LogP contribution in [0, 0.1) is 5.82 Å². The van der Waals surface area contributed by atoms with Crippen LogP contribution in [-0.2, 0) is 0 Å². The molecule has 0 saturated heterocycles. The lowest BCUT2D eigenvalue weighted by atomic mass is 10.4. The summed E-state index contributed by atoms with van der Waals surface area (Å²) < 4.78 is 24.2. The lowest BCUT2D eigenvalue weighted by Gasteiger charge is -2.04. The monoisotopic (exact) mass is 190 g/mol. The topological polar surface area (TPSA) is 20.2 Å². The van der Waals surface area contributed by atoms with E-state index in [0.717, 1.165) is 11.8 Å². The van der Waals surface area contributed by atoms with E-state index in [9.17, 15) is 8.78 Å². The summed E-state index contributed by atoms with van der Waals surface area (Å²) in [5, 5.41) is 8.87. The quantitative estimate of drug-likeness (QED) is 0.582. The first-order valence-electron chi connectivity index (χ1n) is 3.38. The van der Waals surface area contributed by atoms with Gasteiger partial charge in [-0.2, -0.15) is 0 Å². The lowest BCUT2D eigenvalue weighted by Crippen LogP contribution is -2.01. The molecular weight excluding hydrogens is 182 g/mol. The van der Waals surface area contributed by atoms with Crippen LogP contribution in [0.3, 0.4) is 0 Å². The summed E-state index contributed by atoms with van der Waals surface area (Å²) in [5.74, 6) is -0.339. The molecule has 0 saturated carbocycles. The fourth-order valence-corrected chi connectivity index (χ4v) is 1.37. The minimum atomic E-state index is -1.06. The van der Waals surface area contributed by atoms with Gasteiger partial charge < -0.3 is 5.11 Å². The molecular formula is C8H8F2OS. The van der Waals surface area contributed by atoms with Crippen molar-refractivity contribution in [2.24, 2.45) is 0 Å². The highest BCUT2D eigenvalue weighted by Gasteiger charge is 2.04. The van der Waals surface area contributed by atoms with Crippen LogP contribution < -0.4 is 0 Å². The fourth-order valence-electron chi connectivity index (χ4n) is 0.702. The molecule has 0 aliphatic heterocycles. The summed E-state index contributed by atoms with van der Waals surface area (Å²) in [6, 6.07) is 5.54. The standard InChI is InChI=1S/C8H8F2OS/c9-5-8(11)12-7-3-1-6(10)2-4-7/h1-4,8,11H,5H2/t8-/m1/s1. The smallest absolute Gasteiger partial charge is 0.132 e. The van der Waals surface area contributed by atoms with Gasteiger partial charge in [-0.1, -0.05) is 11.8 Å². The average Bonchev–Trinajstić information content (AvgIpc) is 2.09. The van der Waals surface area contributed by atoms with Gasteiger partial charge in [-0.3, -0.25) is 0 Å². The Morgan fingerprint density at radius 1 is 1.33 bits per heavy atom. The fraction of sp³-hybridized carbons (Fsp3) is 0.250. The Morgan fingerprint density at radius 3 is 2.42 bits per heavy atom. The van der Waals surface area contributed by atoms with Gasteiger partial charge in [-0.15, -0.1) is 0 Å². The molecule has 1 rings (SSSR count). The molecule has 0 aliphatic carbocycles. The zero-order valence-electron chi connectivity index (χ0n) is 6.21. The molecule has 1 nitrogen and oxygen atoms in total. The molecule has 0 bridgehead atoms. The van der Waals surface area contributed by atoms with Crippen LogP contribution in [0.4, 0.5) is 8.78 Å². The Bertz CT molecular complexity index is 237. The van der Waals surface area contributed by atoms with Gasteiger partial charge in [0.1, 0.15) is 17.9 Å². The Labute approximate surface area is 73.4 Å². The summed E-state index contributed by atoms with van der Waals surface area (Å²) >= 11 is 0.966. The Hall–Kier alpha value is -0.610. The van der Waals surface area contributed by atoms with Crippen LogP contribution in [0.5, 0.6) is 0 Å². The maximum Gasteiger partial charge on any atom is 0.132 e. The van der Waals surface area contributed by atoms with Gasteiger partial charge >= 0.3 is 0 Å². The number of hydrogen-bond donors (Lipinski definition) is 1. The predicted octanol–water partition coefficient (Wildman–Crippen LogP) is 2.21. The van der Waals surface area contributed by atoms with Crippen molar-refractivity contribution < 1.29 is 13.9 Å². The van der Waals surface area contributed by atoms with Crippen molar-refractivity contribution in [1.29, 1.82) is 0 Å². The van der Waals surface area contributed by atoms with Crippen molar-refractivity contribution in [2.45, 2.75) is 10.3 Å². The lowest BCUT2D eigenvalue weighted by molar-refractivity contribution is 0.220. The Balaban J connectivity index is 2.58. The van der Waals surface area contributed by atoms with E-state index in [1.807, 2.05) is 0 Å². The first-order chi connectivity index (χ1) is 5.72. The zero-order valence-corrected chi connectivity index (χ0v) is 7.02. The molecule has 12 heavy (non-hydrogen) atoms. The van der Waals surface area contributed by atoms with Crippen LogP contribution in [-0.4, -0.2) is 17.2 Å². The second kappa shape index (κ2) is 4.42. The molecule has 66 valence electrons. The highest BCUT2D eigenvalue weighted by molar-refractivity contribution is 7.99. The second-order valence-electron chi connectivity index (χ2n) is 2.18. The van der Waals surface area contributed by atoms with Gasteiger partial charge in [-0.05, 0) is 24.3 Å². The molecule has 1 N–H and O–H groups in total. The van der Waals surface area contributed by atoms with Crippen molar-refractivity contribution in [3.05, 3.63) is 30.1 Å². The highest BCUT2D eigenvalue weighted by Crippen LogP contribution is 2.21. The number of hydrogen-bond acceptors (Lipinski definition) is 2. The van der Waals surface area contributed by atoms with E-state index in [-0.39, 0.29) is 5.82 Å². The molecule has 0 aromatic heterocycles. The molecule has 1 aromatic carbocycles. The first-order valence-corrected chi connectivity index (χ1v) is 4.26. The Kier molecular flexibility index (Phi) is 3.49. The van der Waals surface area contributed by atoms with E-state index in [2.05, 4.69) is 0 Å². The molecule has 0 amide bonds. The van der Waals surface area contributed by atoms with Crippen molar-refractivity contribution in [1.82, 2.24) is 0 Å². The minimum absolute atomic E-state index is 0.339. The zero-order chi connectivity index (χ0) is 8.97. The SMILES string of the molecule is O[C@@H](CF)Sc1ccc(F)cc1. The largest absolute Gasteiger partial charge is 0.379 e. The molecule has 0 heterocycles. The number of thioether (sulfide) groups is 1. The maximum atomic E-state index is 12.4. The third-order valence-electron chi connectivity index (χ3n) is 1.22. The summed E-state index contributed by atoms with van der Waals surface area (Å²) in [6.45, 7) is -0.804. The van der Waals surface area contributed by atoms with Gasteiger partial charge in [0.05, 0.1) is 0 Å². The van der Waals surface area contributed by atoms with Crippen molar-refractivity contribution in [3.63, 3.8) is 0 Å². The Morgan fingerprint density at radius 2 is 1.92 bits per heavy atom. The first kappa shape index (κ1) is 9.48. The normalized spacial score (nSPS) is 12.9. The molecule has 0 spiro atoms. The number of halogens is 2. The summed E-state index contributed by atoms with van der Waals surface area (Å²) in [7, 11) is 0. The van der Waals surface area contributed by atoms with E-state index in [1.54, 1.807) is 0 Å². The minimum Gasteiger partial charge on any atom is -0.379 e. The number of benzene rings is 1. The van der Waals surface area contributed by atoms with Gasteiger partial charge in [0.15, 0.2) is 0 Å². The number of aliphatic hydroxyl groups excluding tert-OH is 1. The van der Waals surface area contributed by atoms with Crippen molar-refractivity contribution >= 4 is 11.8 Å². The van der Waals surface area contributed by atoms with Crippen LogP contribution in [0.2, 0.25) is 0 Å². The maximum absolute atomic E-state index is 12.4. The number of aliphatic hydroxyl groups is 1. The van der Waals surface area contributed by atoms with E-state index in [1.165, 1.54) is 24.3 Å². The summed E-state index contributed by atoms with van der Waals surface area (Å²) in [5.41, 5.74) is -1.06. The van der Waals surface area contributed by atoms with E-state index >= 15 is 0 Å². The van der Waals surface area contributed by atoms with Crippen molar-refractivity contribution in [3.8, 4) is 0 Å². The summed E-state index contributed by atoms with van der Waals surface area (Å²) in [6.07, 6.45) is 0. The molecule has 0 radical (unpaired) electrons. The third kappa shape index (κ3) is 2.79. The highest BCUT2D eigenvalue weighted by atomic mass is 32.2. The molecule has 0 unspecified atom stereocenters. The third-order valence-corrected chi connectivity index (χ3v) is 2.16. The molecule has 1 atom stereocenters. The predicted molar refractivity (Wildman–Crippen MR) is 44.2 cm³/mol. The van der Waals surface area contributed by atoms with Crippen molar-refractivity contribution in [2.75, 3.05) is 6.67 Å². The van der Waals surface area contributed by atoms with E-state index < -0.39 is 12.1 Å². The van der Waals surface area contributed by atoms with Gasteiger partial charge in [0.25, 0.3) is 0 Å². The number of rotatable bonds is 3. The molecule has 0 fully saturated rings. The summed E-state index contributed by atoms with van der Waals surface area (Å²) in [4.78, 5) is 0.654.